The van der Waals surface area contributed by atoms with E-state index in [2.05, 4.69) is 4.98 Å². The van der Waals surface area contributed by atoms with E-state index in [-0.39, 0.29) is 50.4 Å². The van der Waals surface area contributed by atoms with Crippen LogP contribution in [0, 0.1) is 10.8 Å². The average Bonchev–Trinajstić information content (AvgIpc) is 3.70. The van der Waals surface area contributed by atoms with Crippen molar-refractivity contribution in [2.75, 3.05) is 78.3 Å². The van der Waals surface area contributed by atoms with Gasteiger partial charge in [0.15, 0.2) is 17.9 Å². The first-order chi connectivity index (χ1) is 28.5. The van der Waals surface area contributed by atoms with Gasteiger partial charge in [-0.15, -0.1) is 0 Å². The first kappa shape index (κ1) is 49.2. The van der Waals surface area contributed by atoms with Crippen LogP contribution in [0.15, 0.2) is 36.4 Å². The lowest BCUT2D eigenvalue weighted by molar-refractivity contribution is -0.883. The van der Waals surface area contributed by atoms with Crippen LogP contribution >= 0.6 is 7.60 Å². The predicted molar refractivity (Wildman–Crippen MR) is 225 cm³/mol. The molecule has 0 aliphatic carbocycles. The zero-order valence-electron chi connectivity index (χ0n) is 37.2. The maximum Gasteiger partial charge on any atom is 0.410 e. The molecule has 19 heteroatoms. The minimum atomic E-state index is -5.24. The van der Waals surface area contributed by atoms with Crippen molar-refractivity contribution < 1.29 is 61.8 Å². The molecule has 2 N–H and O–H groups in total. The zero-order valence-corrected chi connectivity index (χ0v) is 38.1. The molecule has 0 saturated carbocycles. The second-order valence-electron chi connectivity index (χ2n) is 17.8. The molecule has 2 aliphatic heterocycles. The molecule has 2 saturated heterocycles. The second-order valence-corrected chi connectivity index (χ2v) is 19.5. The van der Waals surface area contributed by atoms with Crippen molar-refractivity contribution in [3.8, 4) is 11.4 Å². The van der Waals surface area contributed by atoms with Gasteiger partial charge in [-0.2, -0.15) is 0 Å². The Bertz CT molecular complexity index is 1920. The summed E-state index contributed by atoms with van der Waals surface area (Å²) in [5.41, 5.74) is -1.95. The Kier molecular flexibility index (Phi) is 16.2. The highest BCUT2D eigenvalue weighted by molar-refractivity contribution is 7.51. The van der Waals surface area contributed by atoms with E-state index in [0.29, 0.717) is 37.3 Å². The lowest BCUT2D eigenvalue weighted by Crippen LogP contribution is -2.76. The van der Waals surface area contributed by atoms with Crippen LogP contribution in [0.2, 0.25) is 0 Å². The van der Waals surface area contributed by atoms with Crippen molar-refractivity contribution in [1.29, 1.82) is 0 Å². The van der Waals surface area contributed by atoms with Crippen LogP contribution in [-0.4, -0.2) is 161 Å². The number of unbranched alkanes of at least 4 members (excludes halogenated alkanes) is 1. The summed E-state index contributed by atoms with van der Waals surface area (Å²) in [6, 6.07) is 5.31. The fourth-order valence-electron chi connectivity index (χ4n) is 8.34. The number of aromatic nitrogens is 2. The molecular weight excluding hydrogens is 811 g/mol. The van der Waals surface area contributed by atoms with E-state index in [1.165, 1.54) is 18.1 Å². The van der Waals surface area contributed by atoms with Crippen molar-refractivity contribution in [3.05, 3.63) is 42.1 Å². The second kappa shape index (κ2) is 20.1. The van der Waals surface area contributed by atoms with Gasteiger partial charge in [0.05, 0.1) is 46.2 Å². The fraction of sp³-hybridized carbons (Fsp3) is 0.643. The minimum Gasteiger partial charge on any atom is -0.467 e. The molecular formula is C42H64N6O12P+. The lowest BCUT2D eigenvalue weighted by Gasteiger charge is -2.52. The Balaban J connectivity index is 2.03. The molecule has 4 atom stereocenters. The third-order valence-electron chi connectivity index (χ3n) is 11.3. The summed E-state index contributed by atoms with van der Waals surface area (Å²) in [6.07, 6.45) is 0.142. The molecule has 18 nitrogen and oxygen atoms in total. The molecule has 3 amide bonds. The molecule has 2 aromatic rings. The first-order valence-electron chi connectivity index (χ1n) is 20.6. The Morgan fingerprint density at radius 3 is 2.05 bits per heavy atom. The van der Waals surface area contributed by atoms with Crippen molar-refractivity contribution in [2.45, 2.75) is 92.0 Å². The number of quaternary nitrogens is 1. The number of amides is 3. The minimum absolute atomic E-state index is 0.0927. The number of piperazine rings is 1. The molecule has 4 rings (SSSR count). The van der Waals surface area contributed by atoms with Gasteiger partial charge in [-0.05, 0) is 18.3 Å². The molecule has 0 radical (unpaired) electrons. The van der Waals surface area contributed by atoms with Gasteiger partial charge in [-0.3, -0.25) is 14.3 Å². The molecule has 2 aliphatic rings. The third kappa shape index (κ3) is 11.7. The van der Waals surface area contributed by atoms with Crippen LogP contribution in [0.4, 0.5) is 10.6 Å². The predicted octanol–water partition coefficient (Wildman–Crippen LogP) is 4.13. The summed E-state index contributed by atoms with van der Waals surface area (Å²) >= 11 is 0. The normalized spacial score (nSPS) is 18.5. The molecule has 1 aromatic carbocycles. The maximum absolute atomic E-state index is 15.9. The Morgan fingerprint density at radius 1 is 0.918 bits per heavy atom. The van der Waals surface area contributed by atoms with Gasteiger partial charge >= 0.3 is 31.5 Å². The standard InChI is InChI=1S/C42H63N6O12P/c1-11-12-24-60-40(53)45-20-22-48(23-21-45,34(39(52)59-10)42(5,6)7)37(50)31(27-61(54,55)56)47(33(38(51)58-9)41(2,3)4)36(49)30-25-32(46-19-18-29(26-46)57-8)44-35(43-30)28-16-14-13-15-17-28/h13-17,25,29,31,33-34H,11-12,18-24,26-27H2,1-10H3,(H-,54,55,56)/p+1/t29-,31-,33?,34+/m0/s1. The van der Waals surface area contributed by atoms with Gasteiger partial charge in [-0.1, -0.05) is 85.2 Å². The van der Waals surface area contributed by atoms with Gasteiger partial charge < -0.3 is 38.5 Å². The molecule has 3 heterocycles. The number of hydrogen-bond donors (Lipinski definition) is 2. The summed E-state index contributed by atoms with van der Waals surface area (Å²) in [5, 5.41) is 0. The summed E-state index contributed by atoms with van der Waals surface area (Å²) in [6.45, 7) is 12.5. The summed E-state index contributed by atoms with van der Waals surface area (Å²) in [4.78, 5) is 108. The van der Waals surface area contributed by atoms with Crippen LogP contribution in [-0.2, 0) is 37.9 Å². The first-order valence-corrected chi connectivity index (χ1v) is 22.4. The molecule has 2 fully saturated rings. The maximum atomic E-state index is 15.9. The van der Waals surface area contributed by atoms with E-state index in [1.807, 2.05) is 11.8 Å². The van der Waals surface area contributed by atoms with Crippen LogP contribution in [0.3, 0.4) is 0 Å². The van der Waals surface area contributed by atoms with Crippen molar-refractivity contribution in [1.82, 2.24) is 19.8 Å². The zero-order chi connectivity index (χ0) is 45.5. The number of ether oxygens (including phenoxy) is 4. The highest BCUT2D eigenvalue weighted by Crippen LogP contribution is 2.42. The summed E-state index contributed by atoms with van der Waals surface area (Å²) < 4.78 is 34.2. The van der Waals surface area contributed by atoms with Gasteiger partial charge in [0.1, 0.15) is 30.6 Å². The average molecular weight is 876 g/mol. The number of esters is 2. The van der Waals surface area contributed by atoms with Gasteiger partial charge in [0, 0.05) is 37.2 Å². The molecule has 1 aromatic heterocycles. The van der Waals surface area contributed by atoms with Crippen molar-refractivity contribution in [3.63, 3.8) is 0 Å². The molecule has 0 bridgehead atoms. The third-order valence-corrected chi connectivity index (χ3v) is 12.1. The smallest absolute Gasteiger partial charge is 0.410 e. The lowest BCUT2D eigenvalue weighted by atomic mass is 9.81. The van der Waals surface area contributed by atoms with Crippen LogP contribution in [0.25, 0.3) is 11.4 Å². The van der Waals surface area contributed by atoms with E-state index < -0.39 is 77.0 Å². The number of hydrogen-bond acceptors (Lipinski definition) is 13. The SMILES string of the molecule is CCCCOC(=O)N1CC[N+](C(=O)[C@H](CP(=O)(O)O)N(C(=O)c2cc(N3CC[C@H](OC)C3)nc(-c3ccccc3)n2)C(C(=O)OC)C(C)(C)C)([C@H](C(=O)OC)C(C)(C)C)CC1. The van der Waals surface area contributed by atoms with Gasteiger partial charge in [-0.25, -0.2) is 33.6 Å². The van der Waals surface area contributed by atoms with Crippen LogP contribution in [0.1, 0.15) is 78.2 Å². The topological polar surface area (TPSA) is 215 Å². The van der Waals surface area contributed by atoms with E-state index >= 15 is 9.59 Å². The Labute approximate surface area is 358 Å². The van der Waals surface area contributed by atoms with Crippen molar-refractivity contribution >= 4 is 43.3 Å². The Morgan fingerprint density at radius 2 is 1.54 bits per heavy atom. The summed E-state index contributed by atoms with van der Waals surface area (Å²) in [5.74, 6) is -3.21. The number of methoxy groups -OCH3 is 3. The van der Waals surface area contributed by atoms with Gasteiger partial charge in [0.2, 0.25) is 0 Å². The van der Waals surface area contributed by atoms with E-state index in [1.54, 1.807) is 79.0 Å². The van der Waals surface area contributed by atoms with E-state index in [0.717, 1.165) is 18.4 Å². The van der Waals surface area contributed by atoms with Crippen LogP contribution in [0.5, 0.6) is 0 Å². The molecule has 338 valence electrons. The highest BCUT2D eigenvalue weighted by Gasteiger charge is 2.61. The molecule has 0 spiro atoms. The van der Waals surface area contributed by atoms with Gasteiger partial charge in [0.25, 0.3) is 5.91 Å². The fourth-order valence-corrected chi connectivity index (χ4v) is 9.12. The largest absolute Gasteiger partial charge is 0.467 e. The number of anilines is 1. The van der Waals surface area contributed by atoms with E-state index in [4.69, 9.17) is 23.9 Å². The molecule has 1 unspecified atom stereocenters. The summed E-state index contributed by atoms with van der Waals surface area (Å²) in [7, 11) is -1.36. The number of carbonyl (C=O) groups is 5. The number of carbonyl (C=O) groups excluding carboxylic acids is 5. The number of nitrogens with zero attached hydrogens (tertiary/aromatic N) is 6. The van der Waals surface area contributed by atoms with Crippen molar-refractivity contribution in [2.24, 2.45) is 10.8 Å². The monoisotopic (exact) mass is 875 g/mol. The number of rotatable bonds is 15. The highest BCUT2D eigenvalue weighted by atomic mass is 31.2. The quantitative estimate of drug-likeness (QED) is 0.0846. The van der Waals surface area contributed by atoms with E-state index in [9.17, 15) is 28.7 Å². The number of benzene rings is 1. The van der Waals surface area contributed by atoms with Crippen LogP contribution < -0.4 is 4.90 Å². The Hall–Kier alpha value is -4.48. The molecule has 61 heavy (non-hydrogen) atoms.